The van der Waals surface area contributed by atoms with E-state index in [0.717, 1.165) is 34.6 Å². The Hall–Kier alpha value is -1.82. The average molecular weight is 359 g/mol. The van der Waals surface area contributed by atoms with Crippen LogP contribution in [0, 0.1) is 12.8 Å². The zero-order valence-electron chi connectivity index (χ0n) is 15.0. The second-order valence-electron chi connectivity index (χ2n) is 6.82. The van der Waals surface area contributed by atoms with Crippen LogP contribution < -0.4 is 5.32 Å². The minimum atomic E-state index is -0.0175. The van der Waals surface area contributed by atoms with Gasteiger partial charge in [-0.3, -0.25) is 4.79 Å². The minimum Gasteiger partial charge on any atom is -0.325 e. The van der Waals surface area contributed by atoms with Crippen molar-refractivity contribution >= 4 is 23.4 Å². The number of hydrogen-bond acceptors (Lipinski definition) is 4. The number of anilines is 1. The highest BCUT2D eigenvalue weighted by Crippen LogP contribution is 2.27. The van der Waals surface area contributed by atoms with Gasteiger partial charge in [0.15, 0.2) is 5.16 Å². The van der Waals surface area contributed by atoms with E-state index < -0.39 is 0 Å². The molecule has 0 unspecified atom stereocenters. The summed E-state index contributed by atoms with van der Waals surface area (Å²) >= 11 is 1.44. The molecule has 5 nitrogen and oxygen atoms in total. The third-order valence-corrected chi connectivity index (χ3v) is 5.89. The SMILES string of the molecule is Cc1ccccc1NC(=O)CSc1nnc(CC2CCCCC2)n1C. The smallest absolute Gasteiger partial charge is 0.234 e. The molecule has 0 atom stereocenters. The number of carbonyl (C=O) groups excluding carboxylic acids is 1. The number of benzene rings is 1. The summed E-state index contributed by atoms with van der Waals surface area (Å²) in [4.78, 5) is 12.2. The van der Waals surface area contributed by atoms with Gasteiger partial charge in [-0.25, -0.2) is 0 Å². The van der Waals surface area contributed by atoms with Gasteiger partial charge >= 0.3 is 0 Å². The number of amides is 1. The van der Waals surface area contributed by atoms with Gasteiger partial charge in [-0.05, 0) is 24.5 Å². The maximum Gasteiger partial charge on any atom is 0.234 e. The largest absolute Gasteiger partial charge is 0.325 e. The van der Waals surface area contributed by atoms with Crippen LogP contribution in [0.25, 0.3) is 0 Å². The molecule has 0 radical (unpaired) electrons. The van der Waals surface area contributed by atoms with Crippen LogP contribution in [0.5, 0.6) is 0 Å². The molecule has 6 heteroatoms. The number of nitrogens with zero attached hydrogens (tertiary/aromatic N) is 3. The summed E-state index contributed by atoms with van der Waals surface area (Å²) in [5, 5.41) is 12.4. The number of para-hydroxylation sites is 1. The zero-order chi connectivity index (χ0) is 17.6. The topological polar surface area (TPSA) is 59.8 Å². The van der Waals surface area contributed by atoms with Gasteiger partial charge in [-0.1, -0.05) is 62.1 Å². The quantitative estimate of drug-likeness (QED) is 0.794. The van der Waals surface area contributed by atoms with E-state index in [0.29, 0.717) is 5.75 Å². The Kier molecular flexibility index (Phi) is 6.13. The Balaban J connectivity index is 1.53. The number of thioether (sulfide) groups is 1. The summed E-state index contributed by atoms with van der Waals surface area (Å²) in [6, 6.07) is 7.80. The monoisotopic (exact) mass is 358 g/mol. The van der Waals surface area contributed by atoms with Crippen LogP contribution in [-0.2, 0) is 18.3 Å². The fourth-order valence-electron chi connectivity index (χ4n) is 3.33. The third kappa shape index (κ3) is 4.84. The number of hydrogen-bond donors (Lipinski definition) is 1. The van der Waals surface area contributed by atoms with Crippen molar-refractivity contribution in [2.24, 2.45) is 13.0 Å². The molecular weight excluding hydrogens is 332 g/mol. The lowest BCUT2D eigenvalue weighted by atomic mass is 9.87. The normalized spacial score (nSPS) is 15.3. The van der Waals surface area contributed by atoms with Crippen LogP contribution in [0.2, 0.25) is 0 Å². The van der Waals surface area contributed by atoms with Crippen molar-refractivity contribution in [1.82, 2.24) is 14.8 Å². The first-order valence-corrected chi connectivity index (χ1v) is 9.98. The van der Waals surface area contributed by atoms with Crippen molar-refractivity contribution in [3.05, 3.63) is 35.7 Å². The van der Waals surface area contributed by atoms with Crippen molar-refractivity contribution < 1.29 is 4.79 Å². The lowest BCUT2D eigenvalue weighted by Crippen LogP contribution is -2.15. The van der Waals surface area contributed by atoms with E-state index in [1.165, 1.54) is 43.9 Å². The molecule has 134 valence electrons. The van der Waals surface area contributed by atoms with E-state index in [1.54, 1.807) is 0 Å². The van der Waals surface area contributed by atoms with Crippen molar-refractivity contribution in [3.8, 4) is 0 Å². The van der Waals surface area contributed by atoms with Gasteiger partial charge in [-0.15, -0.1) is 10.2 Å². The van der Waals surface area contributed by atoms with E-state index in [4.69, 9.17) is 0 Å². The molecule has 25 heavy (non-hydrogen) atoms. The highest BCUT2D eigenvalue weighted by Gasteiger charge is 2.18. The number of carbonyl (C=O) groups is 1. The van der Waals surface area contributed by atoms with E-state index in [2.05, 4.69) is 15.5 Å². The summed E-state index contributed by atoms with van der Waals surface area (Å²) in [6.45, 7) is 1.99. The number of aryl methyl sites for hydroxylation is 1. The van der Waals surface area contributed by atoms with Crippen LogP contribution in [0.4, 0.5) is 5.69 Å². The molecule has 0 bridgehead atoms. The fraction of sp³-hybridized carbons (Fsp3) is 0.526. The maximum atomic E-state index is 12.2. The molecule has 0 saturated heterocycles. The highest BCUT2D eigenvalue weighted by molar-refractivity contribution is 7.99. The van der Waals surface area contributed by atoms with E-state index in [-0.39, 0.29) is 5.91 Å². The molecule has 1 saturated carbocycles. The van der Waals surface area contributed by atoms with Crippen LogP contribution in [-0.4, -0.2) is 26.4 Å². The van der Waals surface area contributed by atoms with Gasteiger partial charge in [0.25, 0.3) is 0 Å². The summed E-state index contributed by atoms with van der Waals surface area (Å²) < 4.78 is 2.04. The molecule has 2 aromatic rings. The van der Waals surface area contributed by atoms with Gasteiger partial charge in [0, 0.05) is 19.2 Å². The van der Waals surface area contributed by atoms with Gasteiger partial charge in [0.2, 0.25) is 5.91 Å². The Labute approximate surface area is 153 Å². The van der Waals surface area contributed by atoms with Crippen LogP contribution >= 0.6 is 11.8 Å². The molecule has 1 fully saturated rings. The molecule has 1 aromatic heterocycles. The molecule has 1 aliphatic rings. The molecule has 1 aromatic carbocycles. The summed E-state index contributed by atoms with van der Waals surface area (Å²) in [6.07, 6.45) is 7.64. The van der Waals surface area contributed by atoms with Gasteiger partial charge in [-0.2, -0.15) is 0 Å². The van der Waals surface area contributed by atoms with E-state index in [9.17, 15) is 4.79 Å². The van der Waals surface area contributed by atoms with E-state index in [1.807, 2.05) is 42.8 Å². The predicted octanol–water partition coefficient (Wildman–Crippen LogP) is 3.98. The lowest BCUT2D eigenvalue weighted by Gasteiger charge is -2.20. The van der Waals surface area contributed by atoms with Crippen LogP contribution in [0.1, 0.15) is 43.5 Å². The Bertz CT molecular complexity index is 722. The number of nitrogens with one attached hydrogen (secondary N) is 1. The fourth-order valence-corrected chi connectivity index (χ4v) is 4.06. The van der Waals surface area contributed by atoms with Crippen molar-refractivity contribution in [2.45, 2.75) is 50.6 Å². The first kappa shape index (κ1) is 18.0. The second kappa shape index (κ2) is 8.52. The highest BCUT2D eigenvalue weighted by atomic mass is 32.2. The molecule has 1 heterocycles. The summed E-state index contributed by atoms with van der Waals surface area (Å²) in [5.74, 6) is 2.09. The van der Waals surface area contributed by atoms with Crippen molar-refractivity contribution in [1.29, 1.82) is 0 Å². The third-order valence-electron chi connectivity index (χ3n) is 4.87. The lowest BCUT2D eigenvalue weighted by molar-refractivity contribution is -0.113. The average Bonchev–Trinajstić information content (AvgIpc) is 2.96. The van der Waals surface area contributed by atoms with Gasteiger partial charge < -0.3 is 9.88 Å². The summed E-state index contributed by atoms with van der Waals surface area (Å²) in [7, 11) is 2.00. The van der Waals surface area contributed by atoms with Gasteiger partial charge in [0.1, 0.15) is 5.82 Å². The first-order valence-electron chi connectivity index (χ1n) is 9.00. The van der Waals surface area contributed by atoms with Crippen molar-refractivity contribution in [2.75, 3.05) is 11.1 Å². The molecule has 1 amide bonds. The molecule has 3 rings (SSSR count). The summed E-state index contributed by atoms with van der Waals surface area (Å²) in [5.41, 5.74) is 1.93. The Morgan fingerprint density at radius 3 is 2.76 bits per heavy atom. The zero-order valence-corrected chi connectivity index (χ0v) is 15.8. The Morgan fingerprint density at radius 2 is 2.00 bits per heavy atom. The second-order valence-corrected chi connectivity index (χ2v) is 7.76. The standard InChI is InChI=1S/C19H26N4OS/c1-14-8-6-7-11-16(14)20-18(24)13-25-19-22-21-17(23(19)2)12-15-9-4-3-5-10-15/h6-8,11,15H,3-5,9-10,12-13H2,1-2H3,(H,20,24). The van der Waals surface area contributed by atoms with Crippen LogP contribution in [0.3, 0.4) is 0 Å². The Morgan fingerprint density at radius 1 is 1.24 bits per heavy atom. The predicted molar refractivity (Wildman–Crippen MR) is 102 cm³/mol. The number of aromatic nitrogens is 3. The molecule has 0 spiro atoms. The molecular formula is C19H26N4OS. The molecule has 1 aliphatic carbocycles. The van der Waals surface area contributed by atoms with Crippen LogP contribution in [0.15, 0.2) is 29.4 Å². The minimum absolute atomic E-state index is 0.0175. The van der Waals surface area contributed by atoms with Gasteiger partial charge in [0.05, 0.1) is 5.75 Å². The first-order chi connectivity index (χ1) is 12.1. The number of rotatable bonds is 6. The van der Waals surface area contributed by atoms with E-state index >= 15 is 0 Å². The van der Waals surface area contributed by atoms with Crippen molar-refractivity contribution in [3.63, 3.8) is 0 Å². The molecule has 1 N–H and O–H groups in total. The maximum absolute atomic E-state index is 12.2. The molecule has 0 aliphatic heterocycles.